The van der Waals surface area contributed by atoms with E-state index in [0.717, 1.165) is 18.6 Å². The number of hydrogen-bond acceptors (Lipinski definition) is 3. The average molecular weight is 211 g/mol. The summed E-state index contributed by atoms with van der Waals surface area (Å²) in [6, 6.07) is 3.14. The molecule has 2 N–H and O–H groups in total. The van der Waals surface area contributed by atoms with E-state index in [-0.39, 0.29) is 0 Å². The molecule has 1 rings (SSSR count). The minimum absolute atomic E-state index is 0.466. The minimum Gasteiger partial charge on any atom is -0.480 e. The number of nitrogens with one attached hydrogen (secondary N) is 1. The molecule has 1 heterocycles. The molecule has 0 aliphatic rings. The van der Waals surface area contributed by atoms with E-state index in [2.05, 4.69) is 5.32 Å². The van der Waals surface area contributed by atoms with Crippen LogP contribution in [0.15, 0.2) is 22.8 Å². The van der Waals surface area contributed by atoms with Gasteiger partial charge in [0, 0.05) is 0 Å². The number of unbranched alkanes of at least 4 members (excludes halogenated alkanes) is 1. The highest BCUT2D eigenvalue weighted by atomic mass is 16.4. The van der Waals surface area contributed by atoms with Crippen molar-refractivity contribution in [2.45, 2.75) is 38.8 Å². The summed E-state index contributed by atoms with van der Waals surface area (Å²) in [6.07, 6.45) is 4.17. The first-order chi connectivity index (χ1) is 7.24. The number of rotatable bonds is 7. The Morgan fingerprint density at radius 1 is 1.67 bits per heavy atom. The van der Waals surface area contributed by atoms with Crippen LogP contribution in [0.1, 0.15) is 31.9 Å². The van der Waals surface area contributed by atoms with Gasteiger partial charge in [-0.15, -0.1) is 0 Å². The number of carboxylic acids is 1. The fraction of sp³-hybridized carbons (Fsp3) is 0.545. The zero-order valence-electron chi connectivity index (χ0n) is 8.90. The number of aliphatic carboxylic acids is 1. The van der Waals surface area contributed by atoms with E-state index >= 15 is 0 Å². The van der Waals surface area contributed by atoms with Gasteiger partial charge in [-0.1, -0.05) is 19.8 Å². The van der Waals surface area contributed by atoms with Crippen molar-refractivity contribution in [3.05, 3.63) is 24.2 Å². The van der Waals surface area contributed by atoms with E-state index < -0.39 is 12.0 Å². The Hall–Kier alpha value is -1.29. The van der Waals surface area contributed by atoms with Crippen molar-refractivity contribution in [3.8, 4) is 0 Å². The van der Waals surface area contributed by atoms with Crippen LogP contribution in [0.5, 0.6) is 0 Å². The van der Waals surface area contributed by atoms with Gasteiger partial charge in [0.15, 0.2) is 0 Å². The molecular formula is C11H17NO3. The van der Waals surface area contributed by atoms with E-state index in [4.69, 9.17) is 9.52 Å². The predicted octanol–water partition coefficient (Wildman–Crippen LogP) is 2.01. The van der Waals surface area contributed by atoms with Crippen LogP contribution in [-0.2, 0) is 11.3 Å². The summed E-state index contributed by atoms with van der Waals surface area (Å²) in [4.78, 5) is 10.9. The molecule has 84 valence electrons. The topological polar surface area (TPSA) is 62.5 Å². The van der Waals surface area contributed by atoms with Crippen LogP contribution in [0.4, 0.5) is 0 Å². The van der Waals surface area contributed by atoms with Crippen LogP contribution in [0.25, 0.3) is 0 Å². The Bertz CT molecular complexity index is 282. The molecule has 0 saturated carbocycles. The lowest BCUT2D eigenvalue weighted by Gasteiger charge is -2.12. The van der Waals surface area contributed by atoms with Gasteiger partial charge in [-0.3, -0.25) is 10.1 Å². The van der Waals surface area contributed by atoms with Gasteiger partial charge in [0.25, 0.3) is 0 Å². The molecule has 15 heavy (non-hydrogen) atoms. The quantitative estimate of drug-likeness (QED) is 0.724. The molecular weight excluding hydrogens is 194 g/mol. The third-order valence-corrected chi connectivity index (χ3v) is 2.25. The van der Waals surface area contributed by atoms with Gasteiger partial charge in [-0.25, -0.2) is 0 Å². The Morgan fingerprint density at radius 3 is 3.00 bits per heavy atom. The summed E-state index contributed by atoms with van der Waals surface area (Å²) < 4.78 is 5.11. The first-order valence-corrected chi connectivity index (χ1v) is 5.22. The predicted molar refractivity (Wildman–Crippen MR) is 56.5 cm³/mol. The fourth-order valence-corrected chi connectivity index (χ4v) is 1.36. The van der Waals surface area contributed by atoms with E-state index in [1.807, 2.05) is 13.0 Å². The van der Waals surface area contributed by atoms with Gasteiger partial charge in [0.2, 0.25) is 0 Å². The van der Waals surface area contributed by atoms with Crippen molar-refractivity contribution in [3.63, 3.8) is 0 Å². The fourth-order valence-electron chi connectivity index (χ4n) is 1.36. The van der Waals surface area contributed by atoms with Gasteiger partial charge in [-0.05, 0) is 18.6 Å². The molecule has 4 nitrogen and oxygen atoms in total. The Balaban J connectivity index is 2.34. The van der Waals surface area contributed by atoms with Gasteiger partial charge >= 0.3 is 5.97 Å². The van der Waals surface area contributed by atoms with Gasteiger partial charge < -0.3 is 9.52 Å². The highest BCUT2D eigenvalue weighted by Gasteiger charge is 2.15. The molecule has 1 aromatic rings. The lowest BCUT2D eigenvalue weighted by molar-refractivity contribution is -0.139. The van der Waals surface area contributed by atoms with Crippen LogP contribution >= 0.6 is 0 Å². The largest absolute Gasteiger partial charge is 0.480 e. The van der Waals surface area contributed by atoms with E-state index in [1.165, 1.54) is 0 Å². The second-order valence-corrected chi connectivity index (χ2v) is 3.49. The first-order valence-electron chi connectivity index (χ1n) is 5.22. The molecule has 0 aliphatic carbocycles. The van der Waals surface area contributed by atoms with Crippen LogP contribution in [0.3, 0.4) is 0 Å². The average Bonchev–Trinajstić information content (AvgIpc) is 2.70. The SMILES string of the molecule is CCCCC(NCc1ccco1)C(=O)O. The van der Waals surface area contributed by atoms with Crippen LogP contribution in [-0.4, -0.2) is 17.1 Å². The molecule has 0 bridgehead atoms. The van der Waals surface area contributed by atoms with E-state index in [0.29, 0.717) is 13.0 Å². The number of furan rings is 1. The molecule has 0 fully saturated rings. The summed E-state index contributed by atoms with van der Waals surface area (Å²) in [5.41, 5.74) is 0. The molecule has 0 aliphatic heterocycles. The lowest BCUT2D eigenvalue weighted by Crippen LogP contribution is -2.36. The number of carbonyl (C=O) groups is 1. The van der Waals surface area contributed by atoms with Crippen molar-refractivity contribution in [1.29, 1.82) is 0 Å². The molecule has 1 aromatic heterocycles. The van der Waals surface area contributed by atoms with Gasteiger partial charge in [0.05, 0.1) is 12.8 Å². The Labute approximate surface area is 89.3 Å². The molecule has 0 amide bonds. The van der Waals surface area contributed by atoms with Crippen LogP contribution in [0, 0.1) is 0 Å². The molecule has 0 spiro atoms. The second-order valence-electron chi connectivity index (χ2n) is 3.49. The summed E-state index contributed by atoms with van der Waals surface area (Å²) in [5.74, 6) is -0.0345. The molecule has 0 radical (unpaired) electrons. The molecule has 0 aromatic carbocycles. The maximum absolute atomic E-state index is 10.9. The zero-order valence-corrected chi connectivity index (χ0v) is 8.90. The monoisotopic (exact) mass is 211 g/mol. The maximum Gasteiger partial charge on any atom is 0.320 e. The third kappa shape index (κ3) is 4.16. The van der Waals surface area contributed by atoms with E-state index in [9.17, 15) is 4.79 Å². The zero-order chi connectivity index (χ0) is 11.1. The lowest BCUT2D eigenvalue weighted by atomic mass is 10.1. The van der Waals surface area contributed by atoms with Crippen molar-refractivity contribution in [1.82, 2.24) is 5.32 Å². The van der Waals surface area contributed by atoms with Crippen molar-refractivity contribution in [2.75, 3.05) is 0 Å². The number of hydrogen-bond donors (Lipinski definition) is 2. The Kier molecular flexibility index (Phi) is 4.90. The van der Waals surface area contributed by atoms with E-state index in [1.54, 1.807) is 12.3 Å². The van der Waals surface area contributed by atoms with Crippen molar-refractivity contribution < 1.29 is 14.3 Å². The molecule has 4 heteroatoms. The van der Waals surface area contributed by atoms with Crippen LogP contribution < -0.4 is 5.32 Å². The minimum atomic E-state index is -0.796. The third-order valence-electron chi connectivity index (χ3n) is 2.25. The molecule has 1 atom stereocenters. The maximum atomic E-state index is 10.9. The summed E-state index contributed by atoms with van der Waals surface area (Å²) in [6.45, 7) is 2.51. The smallest absolute Gasteiger partial charge is 0.320 e. The summed E-state index contributed by atoms with van der Waals surface area (Å²) >= 11 is 0. The first kappa shape index (κ1) is 11.8. The van der Waals surface area contributed by atoms with Crippen molar-refractivity contribution >= 4 is 5.97 Å². The normalized spacial score (nSPS) is 12.6. The highest BCUT2D eigenvalue weighted by molar-refractivity contribution is 5.73. The highest BCUT2D eigenvalue weighted by Crippen LogP contribution is 2.04. The van der Waals surface area contributed by atoms with Crippen LogP contribution in [0.2, 0.25) is 0 Å². The molecule has 1 unspecified atom stereocenters. The standard InChI is InChI=1S/C11H17NO3/c1-2-3-6-10(11(13)14)12-8-9-5-4-7-15-9/h4-5,7,10,12H,2-3,6,8H2,1H3,(H,13,14). The molecule has 0 saturated heterocycles. The summed E-state index contributed by atoms with van der Waals surface area (Å²) in [7, 11) is 0. The van der Waals surface area contributed by atoms with Gasteiger partial charge in [0.1, 0.15) is 11.8 Å². The summed E-state index contributed by atoms with van der Waals surface area (Å²) in [5, 5.41) is 11.9. The number of carboxylic acid groups (broad SMARTS) is 1. The second kappa shape index (κ2) is 6.24. The Morgan fingerprint density at radius 2 is 2.47 bits per heavy atom. The van der Waals surface area contributed by atoms with Crippen molar-refractivity contribution in [2.24, 2.45) is 0 Å². The van der Waals surface area contributed by atoms with Gasteiger partial charge in [-0.2, -0.15) is 0 Å².